The van der Waals surface area contributed by atoms with Crippen molar-refractivity contribution in [3.05, 3.63) is 28.8 Å². The van der Waals surface area contributed by atoms with Crippen LogP contribution in [0.4, 0.5) is 0 Å². The van der Waals surface area contributed by atoms with E-state index < -0.39 is 0 Å². The summed E-state index contributed by atoms with van der Waals surface area (Å²) in [6.07, 6.45) is 5.97. The average molecular weight is 339 g/mol. The zero-order valence-corrected chi connectivity index (χ0v) is 14.2. The molecule has 5 rings (SSSR count). The summed E-state index contributed by atoms with van der Waals surface area (Å²) in [6, 6.07) is 5.53. The van der Waals surface area contributed by atoms with E-state index in [4.69, 9.17) is 27.9 Å². The van der Waals surface area contributed by atoms with Gasteiger partial charge in [-0.25, -0.2) is 0 Å². The number of rotatable bonds is 2. The van der Waals surface area contributed by atoms with Crippen LogP contribution in [0, 0.1) is 24.2 Å². The normalized spacial score (nSPS) is 39.0. The van der Waals surface area contributed by atoms with Gasteiger partial charge >= 0.3 is 5.97 Å². The summed E-state index contributed by atoms with van der Waals surface area (Å²) in [6.45, 7) is 1.96. The van der Waals surface area contributed by atoms with Crippen LogP contribution < -0.4 is 4.74 Å². The Morgan fingerprint density at radius 3 is 2.55 bits per heavy atom. The summed E-state index contributed by atoms with van der Waals surface area (Å²) < 4.78 is 5.73. The molecule has 4 bridgehead atoms. The van der Waals surface area contributed by atoms with Crippen LogP contribution in [0.3, 0.4) is 0 Å². The Kier molecular flexibility index (Phi) is 3.29. The van der Waals surface area contributed by atoms with Crippen molar-refractivity contribution in [2.45, 2.75) is 50.3 Å². The third kappa shape index (κ3) is 2.35. The lowest BCUT2D eigenvalue weighted by atomic mass is 9.49. The van der Waals surface area contributed by atoms with Crippen molar-refractivity contribution in [2.24, 2.45) is 17.3 Å². The van der Waals surface area contributed by atoms with E-state index in [0.29, 0.717) is 22.6 Å². The van der Waals surface area contributed by atoms with Crippen LogP contribution in [0.25, 0.3) is 0 Å². The van der Waals surface area contributed by atoms with Crippen LogP contribution in [-0.4, -0.2) is 10.8 Å². The fourth-order valence-corrected chi connectivity index (χ4v) is 6.13. The third-order valence-corrected chi connectivity index (χ3v) is 6.47. The molecule has 4 atom stereocenters. The molecule has 0 N–H and O–H groups in total. The molecule has 0 spiro atoms. The smallest absolute Gasteiger partial charge is 0.317 e. The Labute approximate surface area is 141 Å². The minimum Gasteiger partial charge on any atom is -0.425 e. The van der Waals surface area contributed by atoms with Crippen molar-refractivity contribution in [3.8, 4) is 5.75 Å². The lowest BCUT2D eigenvalue weighted by Gasteiger charge is -2.58. The van der Waals surface area contributed by atoms with Crippen LogP contribution in [0.5, 0.6) is 5.75 Å². The van der Waals surface area contributed by atoms with Crippen LogP contribution in [0.1, 0.15) is 44.1 Å². The predicted molar refractivity (Wildman–Crippen MR) is 87.5 cm³/mol. The molecule has 4 fully saturated rings. The molecule has 1 aromatic rings. The second kappa shape index (κ2) is 4.88. The zero-order valence-electron chi connectivity index (χ0n) is 12.7. The molecule has 4 heteroatoms. The molecule has 0 aliphatic heterocycles. The lowest BCUT2D eigenvalue weighted by molar-refractivity contribution is -0.159. The van der Waals surface area contributed by atoms with E-state index in [1.54, 1.807) is 6.07 Å². The van der Waals surface area contributed by atoms with Gasteiger partial charge in [0, 0.05) is 4.87 Å². The van der Waals surface area contributed by atoms with Crippen molar-refractivity contribution >= 4 is 29.2 Å². The highest BCUT2D eigenvalue weighted by molar-refractivity contribution is 6.32. The maximum atomic E-state index is 12.9. The molecule has 0 radical (unpaired) electrons. The van der Waals surface area contributed by atoms with E-state index in [1.807, 2.05) is 19.1 Å². The molecule has 0 aromatic heterocycles. The number of hydrogen-bond donors (Lipinski definition) is 0. The second-order valence-electron chi connectivity index (χ2n) is 7.72. The molecular weight excluding hydrogens is 319 g/mol. The van der Waals surface area contributed by atoms with Gasteiger partial charge in [0.2, 0.25) is 0 Å². The van der Waals surface area contributed by atoms with E-state index in [1.165, 1.54) is 6.42 Å². The van der Waals surface area contributed by atoms with Gasteiger partial charge in [0.25, 0.3) is 0 Å². The Balaban J connectivity index is 1.61. The maximum absolute atomic E-state index is 12.9. The summed E-state index contributed by atoms with van der Waals surface area (Å²) in [5.74, 6) is 1.52. The quantitative estimate of drug-likeness (QED) is 0.424. The first kappa shape index (κ1) is 14.8. The molecule has 0 amide bonds. The number of aryl methyl sites for hydroxylation is 1. The number of ether oxygens (including phenoxy) is 1. The lowest BCUT2D eigenvalue weighted by Crippen LogP contribution is -2.56. The van der Waals surface area contributed by atoms with Crippen molar-refractivity contribution in [2.75, 3.05) is 0 Å². The van der Waals surface area contributed by atoms with Crippen LogP contribution in [0.2, 0.25) is 5.02 Å². The topological polar surface area (TPSA) is 26.3 Å². The molecule has 2 nitrogen and oxygen atoms in total. The number of carbonyl (C=O) groups is 1. The van der Waals surface area contributed by atoms with Gasteiger partial charge in [-0.15, -0.1) is 11.6 Å². The number of carbonyl (C=O) groups excluding carboxylic acids is 1. The Morgan fingerprint density at radius 2 is 1.91 bits per heavy atom. The highest BCUT2D eigenvalue weighted by Gasteiger charge is 2.60. The van der Waals surface area contributed by atoms with E-state index in [0.717, 1.165) is 37.7 Å². The first-order valence-corrected chi connectivity index (χ1v) is 8.81. The van der Waals surface area contributed by atoms with Crippen molar-refractivity contribution in [1.82, 2.24) is 0 Å². The largest absolute Gasteiger partial charge is 0.425 e. The second-order valence-corrected chi connectivity index (χ2v) is 8.92. The molecule has 118 valence electrons. The number of benzene rings is 1. The summed E-state index contributed by atoms with van der Waals surface area (Å²) >= 11 is 13.0. The highest BCUT2D eigenvalue weighted by Crippen LogP contribution is 2.64. The highest BCUT2D eigenvalue weighted by atomic mass is 35.5. The molecular formula is C18H20Cl2O2. The third-order valence-electron chi connectivity index (χ3n) is 5.71. The molecule has 4 aliphatic rings. The van der Waals surface area contributed by atoms with Gasteiger partial charge in [-0.2, -0.15) is 0 Å². The summed E-state index contributed by atoms with van der Waals surface area (Å²) in [7, 11) is 0. The van der Waals surface area contributed by atoms with Crippen LogP contribution >= 0.6 is 23.2 Å². The van der Waals surface area contributed by atoms with Crippen molar-refractivity contribution in [1.29, 1.82) is 0 Å². The summed E-state index contributed by atoms with van der Waals surface area (Å²) in [4.78, 5) is 12.8. The zero-order chi connectivity index (χ0) is 15.5. The number of hydrogen-bond acceptors (Lipinski definition) is 2. The molecule has 0 saturated heterocycles. The van der Waals surface area contributed by atoms with E-state index >= 15 is 0 Å². The fourth-order valence-electron chi connectivity index (χ4n) is 5.29. The first-order valence-electron chi connectivity index (χ1n) is 8.05. The van der Waals surface area contributed by atoms with Gasteiger partial charge < -0.3 is 4.74 Å². The average Bonchev–Trinajstić information content (AvgIpc) is 2.40. The van der Waals surface area contributed by atoms with E-state index in [-0.39, 0.29) is 16.3 Å². The molecule has 2 unspecified atom stereocenters. The van der Waals surface area contributed by atoms with Crippen molar-refractivity contribution < 1.29 is 9.53 Å². The minimum absolute atomic E-state index is 0.126. The van der Waals surface area contributed by atoms with E-state index in [2.05, 4.69) is 0 Å². The number of alkyl halides is 1. The standard InChI is InChI=1S/C18H20Cl2O2/c1-11-2-3-14(19)15(4-11)22-16(21)17-6-12-5-13(7-17)9-18(20,8-12)10-17/h2-4,12-13H,5-10H2,1H3/t12-,13+,17?,18?. The molecule has 1 aromatic carbocycles. The summed E-state index contributed by atoms with van der Waals surface area (Å²) in [5.41, 5.74) is 0.644. The molecule has 0 heterocycles. The van der Waals surface area contributed by atoms with Gasteiger partial charge in [0.15, 0.2) is 0 Å². The SMILES string of the molecule is Cc1ccc(Cl)c(OC(=O)C23C[C@@H]4C[C@@H](CC(Cl)(C4)C2)C3)c1. The number of halogens is 2. The minimum atomic E-state index is -0.390. The van der Waals surface area contributed by atoms with Crippen LogP contribution in [-0.2, 0) is 4.79 Å². The first-order chi connectivity index (χ1) is 10.4. The maximum Gasteiger partial charge on any atom is 0.317 e. The summed E-state index contributed by atoms with van der Waals surface area (Å²) in [5, 5.41) is 0.490. The van der Waals surface area contributed by atoms with Gasteiger partial charge in [0.05, 0.1) is 10.4 Å². The Morgan fingerprint density at radius 1 is 1.23 bits per heavy atom. The molecule has 22 heavy (non-hydrogen) atoms. The Hall–Kier alpha value is -0.730. The molecule has 4 saturated carbocycles. The van der Waals surface area contributed by atoms with Crippen LogP contribution in [0.15, 0.2) is 18.2 Å². The molecule has 4 aliphatic carbocycles. The van der Waals surface area contributed by atoms with E-state index in [9.17, 15) is 4.79 Å². The number of esters is 1. The predicted octanol–water partition coefficient (Wildman–Crippen LogP) is 5.13. The van der Waals surface area contributed by atoms with Gasteiger partial charge in [-0.1, -0.05) is 17.7 Å². The fraction of sp³-hybridized carbons (Fsp3) is 0.611. The monoisotopic (exact) mass is 338 g/mol. The van der Waals surface area contributed by atoms with Gasteiger partial charge in [0.1, 0.15) is 5.75 Å². The van der Waals surface area contributed by atoms with Gasteiger partial charge in [-0.05, 0) is 75.0 Å². The Bertz CT molecular complexity index is 626. The van der Waals surface area contributed by atoms with Crippen molar-refractivity contribution in [3.63, 3.8) is 0 Å². The van der Waals surface area contributed by atoms with Gasteiger partial charge in [-0.3, -0.25) is 4.79 Å².